The maximum absolute atomic E-state index is 11.9. The first kappa shape index (κ1) is 25.2. The number of pyridine rings is 1. The lowest BCUT2D eigenvalue weighted by Crippen LogP contribution is -2.48. The van der Waals surface area contributed by atoms with Crippen LogP contribution < -0.4 is 5.32 Å². The number of nitrogens with zero attached hydrogens (tertiary/aromatic N) is 1. The quantitative estimate of drug-likeness (QED) is 0.342. The van der Waals surface area contributed by atoms with Crippen LogP contribution >= 0.6 is 0 Å². The van der Waals surface area contributed by atoms with Crippen LogP contribution in [0.4, 0.5) is 0 Å². The Kier molecular flexibility index (Phi) is 7.80. The number of hydrogen-bond donors (Lipinski definition) is 2. The summed E-state index contributed by atoms with van der Waals surface area (Å²) in [6.45, 7) is 13.8. The number of benzene rings is 1. The third-order valence-electron chi connectivity index (χ3n) is 7.48. The minimum Gasteiger partial charge on any atom is -0.481 e. The van der Waals surface area contributed by atoms with Gasteiger partial charge in [0.15, 0.2) is 0 Å². The molecule has 5 nitrogen and oxygen atoms in total. The number of ether oxygens (including phenoxy) is 1. The molecule has 0 saturated carbocycles. The molecule has 0 aliphatic carbocycles. The van der Waals surface area contributed by atoms with Crippen LogP contribution in [0, 0.1) is 0 Å². The number of H-pyrrole nitrogens is 1. The Labute approximate surface area is 198 Å². The van der Waals surface area contributed by atoms with Crippen LogP contribution in [0.3, 0.4) is 0 Å². The fourth-order valence-corrected chi connectivity index (χ4v) is 8.67. The van der Waals surface area contributed by atoms with Crippen LogP contribution in [0.15, 0.2) is 42.6 Å². The van der Waals surface area contributed by atoms with E-state index in [9.17, 15) is 9.90 Å². The largest absolute Gasteiger partial charge is 0.481 e. The molecule has 178 valence electrons. The molecule has 33 heavy (non-hydrogen) atoms. The van der Waals surface area contributed by atoms with Crippen molar-refractivity contribution in [3.05, 3.63) is 59.3 Å². The van der Waals surface area contributed by atoms with Crippen molar-refractivity contribution in [3.63, 3.8) is 0 Å². The fraction of sp³-hybridized carbons (Fsp3) is 0.481. The number of aromatic nitrogens is 2. The van der Waals surface area contributed by atoms with Gasteiger partial charge < -0.3 is 14.8 Å². The maximum atomic E-state index is 11.9. The van der Waals surface area contributed by atoms with Gasteiger partial charge in [0.2, 0.25) is 0 Å². The Morgan fingerprint density at radius 1 is 1.15 bits per heavy atom. The third-order valence-corrected chi connectivity index (χ3v) is 13.0. The van der Waals surface area contributed by atoms with E-state index in [1.807, 2.05) is 24.3 Å². The second-order valence-electron chi connectivity index (χ2n) is 9.71. The van der Waals surface area contributed by atoms with Crippen molar-refractivity contribution in [1.29, 1.82) is 0 Å². The average Bonchev–Trinajstić information content (AvgIpc) is 3.20. The van der Waals surface area contributed by atoms with Crippen LogP contribution in [-0.4, -0.2) is 35.7 Å². The highest BCUT2D eigenvalue weighted by Gasteiger charge is 2.37. The summed E-state index contributed by atoms with van der Waals surface area (Å²) in [5.74, 6) is -0.682. The van der Waals surface area contributed by atoms with E-state index in [1.165, 1.54) is 10.9 Å². The maximum Gasteiger partial charge on any atom is 0.313 e. The summed E-state index contributed by atoms with van der Waals surface area (Å²) in [7, 11) is -1.74. The molecule has 3 rings (SSSR count). The summed E-state index contributed by atoms with van der Waals surface area (Å²) in [4.78, 5) is 20.3. The molecule has 0 amide bonds. The van der Waals surface area contributed by atoms with Gasteiger partial charge >= 0.3 is 5.97 Å². The number of aromatic amines is 1. The molecule has 0 fully saturated rings. The Morgan fingerprint density at radius 2 is 1.79 bits per heavy atom. The normalized spacial score (nSPS) is 13.4. The number of hydrogen-bond acceptors (Lipinski definition) is 3. The van der Waals surface area contributed by atoms with Gasteiger partial charge in [0.05, 0.1) is 18.6 Å². The SMILES string of the molecule is CC[Si](CC)(CC)c1[nH]c2ncc(C(C)(C)C(=O)O)cc2c1C(C)COCc1ccccc1. The number of carboxylic acid groups (broad SMARTS) is 1. The number of carbonyl (C=O) groups is 1. The van der Waals surface area contributed by atoms with Gasteiger partial charge in [0.25, 0.3) is 0 Å². The minimum absolute atomic E-state index is 0.166. The van der Waals surface area contributed by atoms with Gasteiger partial charge in [-0.15, -0.1) is 0 Å². The molecule has 0 spiro atoms. The van der Waals surface area contributed by atoms with Crippen molar-refractivity contribution in [1.82, 2.24) is 9.97 Å². The zero-order valence-corrected chi connectivity index (χ0v) is 21.9. The topological polar surface area (TPSA) is 75.2 Å². The Hall–Kier alpha value is -2.44. The lowest BCUT2D eigenvalue weighted by atomic mass is 9.85. The van der Waals surface area contributed by atoms with Crippen LogP contribution in [-0.2, 0) is 21.6 Å². The summed E-state index contributed by atoms with van der Waals surface area (Å²) in [6, 6.07) is 15.7. The van der Waals surface area contributed by atoms with Crippen molar-refractivity contribution >= 4 is 30.4 Å². The molecule has 0 radical (unpaired) electrons. The van der Waals surface area contributed by atoms with Crippen molar-refractivity contribution in [2.75, 3.05) is 6.61 Å². The summed E-state index contributed by atoms with van der Waals surface area (Å²) in [6.07, 6.45) is 1.71. The predicted molar refractivity (Wildman–Crippen MR) is 138 cm³/mol. The zero-order chi connectivity index (χ0) is 24.2. The molecule has 1 unspecified atom stereocenters. The number of carboxylic acids is 1. The monoisotopic (exact) mass is 466 g/mol. The molecule has 2 N–H and O–H groups in total. The fourth-order valence-electron chi connectivity index (χ4n) is 4.78. The predicted octanol–water partition coefficient (Wildman–Crippen LogP) is 5.96. The van der Waals surface area contributed by atoms with Crippen molar-refractivity contribution in [2.24, 2.45) is 0 Å². The van der Waals surface area contributed by atoms with Gasteiger partial charge in [-0.3, -0.25) is 4.79 Å². The Balaban J connectivity index is 2.07. The van der Waals surface area contributed by atoms with E-state index in [4.69, 9.17) is 9.72 Å². The van der Waals surface area contributed by atoms with Gasteiger partial charge in [-0.25, -0.2) is 4.98 Å². The molecule has 0 aliphatic heterocycles. The number of aliphatic carboxylic acids is 1. The van der Waals surface area contributed by atoms with E-state index < -0.39 is 19.5 Å². The smallest absolute Gasteiger partial charge is 0.313 e. The second kappa shape index (κ2) is 10.2. The van der Waals surface area contributed by atoms with E-state index in [2.05, 4.69) is 44.8 Å². The van der Waals surface area contributed by atoms with E-state index in [0.717, 1.165) is 40.3 Å². The van der Waals surface area contributed by atoms with Gasteiger partial charge in [-0.05, 0) is 36.6 Å². The van der Waals surface area contributed by atoms with E-state index >= 15 is 0 Å². The third kappa shape index (κ3) is 4.92. The summed E-state index contributed by atoms with van der Waals surface area (Å²) >= 11 is 0. The van der Waals surface area contributed by atoms with Crippen molar-refractivity contribution in [3.8, 4) is 0 Å². The molecule has 0 saturated heterocycles. The Morgan fingerprint density at radius 3 is 2.36 bits per heavy atom. The molecule has 3 aromatic rings. The molecular weight excluding hydrogens is 428 g/mol. The van der Waals surface area contributed by atoms with E-state index in [1.54, 1.807) is 20.0 Å². The van der Waals surface area contributed by atoms with E-state index in [0.29, 0.717) is 13.2 Å². The highest BCUT2D eigenvalue weighted by Crippen LogP contribution is 2.33. The molecule has 2 aromatic heterocycles. The lowest BCUT2D eigenvalue weighted by molar-refractivity contribution is -0.142. The Bertz CT molecular complexity index is 1080. The first-order valence-electron chi connectivity index (χ1n) is 12.1. The number of fused-ring (bicyclic) bond motifs is 1. The molecular formula is C27H38N2O3Si. The van der Waals surface area contributed by atoms with E-state index in [-0.39, 0.29) is 5.92 Å². The molecule has 1 atom stereocenters. The van der Waals surface area contributed by atoms with Gasteiger partial charge in [-0.2, -0.15) is 0 Å². The van der Waals surface area contributed by atoms with Gasteiger partial charge in [0, 0.05) is 22.8 Å². The molecule has 2 heterocycles. The van der Waals surface area contributed by atoms with Crippen molar-refractivity contribution < 1.29 is 14.6 Å². The molecule has 0 aliphatic rings. The first-order chi connectivity index (χ1) is 15.7. The molecule has 0 bridgehead atoms. The van der Waals surface area contributed by atoms with Crippen molar-refractivity contribution in [2.45, 2.75) is 77.6 Å². The average molecular weight is 467 g/mol. The van der Waals surface area contributed by atoms with Gasteiger partial charge in [0.1, 0.15) is 13.7 Å². The van der Waals surface area contributed by atoms with Crippen LogP contribution in [0.2, 0.25) is 18.1 Å². The molecule has 6 heteroatoms. The zero-order valence-electron chi connectivity index (χ0n) is 20.9. The summed E-state index contributed by atoms with van der Waals surface area (Å²) in [5.41, 5.74) is 3.01. The highest BCUT2D eigenvalue weighted by molar-refractivity contribution is 6.91. The second-order valence-corrected chi connectivity index (χ2v) is 14.9. The molecule has 1 aromatic carbocycles. The lowest BCUT2D eigenvalue weighted by Gasteiger charge is -2.30. The number of rotatable bonds is 11. The van der Waals surface area contributed by atoms with Crippen LogP contribution in [0.1, 0.15) is 64.2 Å². The summed E-state index contributed by atoms with van der Waals surface area (Å²) in [5, 5.41) is 12.2. The summed E-state index contributed by atoms with van der Waals surface area (Å²) < 4.78 is 6.15. The van der Waals surface area contributed by atoms with Gasteiger partial charge in [-0.1, -0.05) is 76.2 Å². The van der Waals surface area contributed by atoms with Crippen LogP contribution in [0.5, 0.6) is 0 Å². The first-order valence-corrected chi connectivity index (χ1v) is 14.7. The standard InChI is InChI=1S/C27H38N2O3Si/c1-7-33(8-2,9-3)25-23(19(4)17-32-18-20-13-11-10-12-14-20)22-15-21(16-28-24(22)29-25)27(5,6)26(30)31/h10-16,19H,7-9,17-18H2,1-6H3,(H,28,29)(H,30,31). The minimum atomic E-state index is -1.74. The van der Waals surface area contributed by atoms with Crippen LogP contribution in [0.25, 0.3) is 11.0 Å². The highest BCUT2D eigenvalue weighted by atomic mass is 28.3. The number of nitrogens with one attached hydrogen (secondary N) is 1.